The molecule has 6 heteroatoms. The van der Waals surface area contributed by atoms with Gasteiger partial charge in [-0.3, -0.25) is 4.68 Å². The van der Waals surface area contributed by atoms with E-state index in [-0.39, 0.29) is 0 Å². The summed E-state index contributed by atoms with van der Waals surface area (Å²) in [5.41, 5.74) is 2.88. The van der Waals surface area contributed by atoms with Crippen LogP contribution in [0.2, 0.25) is 5.02 Å². The van der Waals surface area contributed by atoms with Crippen LogP contribution in [0.15, 0.2) is 54.7 Å². The molecule has 0 saturated heterocycles. The van der Waals surface area contributed by atoms with E-state index in [9.17, 15) is 5.11 Å². The number of aliphatic hydroxyl groups excluding tert-OH is 1. The third-order valence-electron chi connectivity index (χ3n) is 4.47. The van der Waals surface area contributed by atoms with E-state index in [1.807, 2.05) is 53.2 Å². The zero-order valence-electron chi connectivity index (χ0n) is 13.7. The van der Waals surface area contributed by atoms with Gasteiger partial charge in [0.15, 0.2) is 0 Å². The third-order valence-corrected chi connectivity index (χ3v) is 4.76. The lowest BCUT2D eigenvalue weighted by atomic mass is 10.1. The van der Waals surface area contributed by atoms with E-state index in [2.05, 4.69) is 15.0 Å². The molecule has 0 fully saturated rings. The minimum absolute atomic E-state index is 0.563. The maximum absolute atomic E-state index is 10.5. The van der Waals surface area contributed by atoms with Crippen LogP contribution in [0.4, 0.5) is 5.82 Å². The van der Waals surface area contributed by atoms with Gasteiger partial charge in [0.2, 0.25) is 0 Å². The van der Waals surface area contributed by atoms with E-state index in [4.69, 9.17) is 11.6 Å². The number of hydrogen-bond acceptors (Lipinski definition) is 4. The summed E-state index contributed by atoms with van der Waals surface area (Å²) in [6, 6.07) is 15.6. The van der Waals surface area contributed by atoms with E-state index >= 15 is 0 Å². The third kappa shape index (κ3) is 3.38. The van der Waals surface area contributed by atoms with Crippen LogP contribution in [0.3, 0.4) is 0 Å². The Morgan fingerprint density at radius 1 is 1.12 bits per heavy atom. The Bertz CT molecular complexity index is 865. The second-order valence-electron chi connectivity index (χ2n) is 6.22. The molecule has 0 aliphatic carbocycles. The zero-order chi connectivity index (χ0) is 17.2. The molecule has 5 nitrogen and oxygen atoms in total. The van der Waals surface area contributed by atoms with Gasteiger partial charge in [-0.25, -0.2) is 4.98 Å². The van der Waals surface area contributed by atoms with Gasteiger partial charge in [-0.1, -0.05) is 41.9 Å². The van der Waals surface area contributed by atoms with Gasteiger partial charge in [0.1, 0.15) is 11.9 Å². The molecule has 0 spiro atoms. The number of rotatable bonds is 4. The summed E-state index contributed by atoms with van der Waals surface area (Å²) >= 11 is 6.26. The Morgan fingerprint density at radius 3 is 2.76 bits per heavy atom. The molecule has 1 N–H and O–H groups in total. The maximum Gasteiger partial charge on any atom is 0.147 e. The highest BCUT2D eigenvalue weighted by atomic mass is 35.5. The van der Waals surface area contributed by atoms with E-state index in [1.54, 1.807) is 6.20 Å². The van der Waals surface area contributed by atoms with E-state index in [0.717, 1.165) is 30.2 Å². The second-order valence-corrected chi connectivity index (χ2v) is 6.63. The number of anilines is 1. The standard InChI is InChI=1S/C19H19ClN4O/c20-16-7-4-8-21-19(16)23-9-10-24-15(13-23)12-17(22-24)18(25)11-14-5-2-1-3-6-14/h1-8,12,18,25H,9-11,13H2/t18-/m1/s1. The molecule has 25 heavy (non-hydrogen) atoms. The van der Waals surface area contributed by atoms with E-state index in [1.165, 1.54) is 0 Å². The molecule has 0 bridgehead atoms. The molecule has 3 aromatic rings. The van der Waals surface area contributed by atoms with Gasteiger partial charge in [0, 0.05) is 19.2 Å². The van der Waals surface area contributed by atoms with Crippen LogP contribution in [0.5, 0.6) is 0 Å². The summed E-state index contributed by atoms with van der Waals surface area (Å²) in [5, 5.41) is 15.8. The molecular formula is C19H19ClN4O. The predicted octanol–water partition coefficient (Wildman–Crippen LogP) is 3.23. The molecule has 128 valence electrons. The van der Waals surface area contributed by atoms with Crippen molar-refractivity contribution in [1.29, 1.82) is 0 Å². The number of aliphatic hydroxyl groups is 1. The van der Waals surface area contributed by atoms with Crippen molar-refractivity contribution in [3.05, 3.63) is 76.7 Å². The molecule has 1 aliphatic rings. The van der Waals surface area contributed by atoms with Crippen molar-refractivity contribution in [3.63, 3.8) is 0 Å². The Kier molecular flexibility index (Phi) is 4.42. The Labute approximate surface area is 151 Å². The van der Waals surface area contributed by atoms with Gasteiger partial charge in [0.05, 0.1) is 29.5 Å². The average molecular weight is 355 g/mol. The number of pyridine rings is 1. The molecule has 1 aromatic carbocycles. The first-order valence-electron chi connectivity index (χ1n) is 8.35. The lowest BCUT2D eigenvalue weighted by Crippen LogP contribution is -2.34. The van der Waals surface area contributed by atoms with Crippen LogP contribution in [-0.4, -0.2) is 26.4 Å². The first-order chi connectivity index (χ1) is 12.2. The van der Waals surface area contributed by atoms with Crippen molar-refractivity contribution in [2.24, 2.45) is 0 Å². The molecule has 4 rings (SSSR count). The number of benzene rings is 1. The smallest absolute Gasteiger partial charge is 0.147 e. The van der Waals surface area contributed by atoms with Gasteiger partial charge in [-0.15, -0.1) is 0 Å². The lowest BCUT2D eigenvalue weighted by Gasteiger charge is -2.29. The van der Waals surface area contributed by atoms with Crippen molar-refractivity contribution in [2.75, 3.05) is 11.4 Å². The fourth-order valence-corrected chi connectivity index (χ4v) is 3.43. The fraction of sp³-hybridized carbons (Fsp3) is 0.263. The zero-order valence-corrected chi connectivity index (χ0v) is 14.5. The number of nitrogens with zero attached hydrogens (tertiary/aromatic N) is 4. The quantitative estimate of drug-likeness (QED) is 0.781. The molecule has 1 aliphatic heterocycles. The van der Waals surface area contributed by atoms with Crippen LogP contribution in [0.1, 0.15) is 23.1 Å². The molecule has 3 heterocycles. The molecule has 2 aromatic heterocycles. The number of halogens is 1. The highest BCUT2D eigenvalue weighted by molar-refractivity contribution is 6.32. The van der Waals surface area contributed by atoms with E-state index < -0.39 is 6.10 Å². The molecule has 0 unspecified atom stereocenters. The fourth-order valence-electron chi connectivity index (χ4n) is 3.18. The summed E-state index contributed by atoms with van der Waals surface area (Å²) in [6.45, 7) is 2.22. The predicted molar refractivity (Wildman–Crippen MR) is 97.6 cm³/mol. The number of hydrogen-bond donors (Lipinski definition) is 1. The number of aromatic nitrogens is 3. The van der Waals surface area contributed by atoms with Gasteiger partial charge in [-0.2, -0.15) is 5.10 Å². The minimum atomic E-state index is -0.604. The van der Waals surface area contributed by atoms with Crippen molar-refractivity contribution in [1.82, 2.24) is 14.8 Å². The van der Waals surface area contributed by atoms with Gasteiger partial charge < -0.3 is 10.0 Å². The van der Waals surface area contributed by atoms with Gasteiger partial charge in [-0.05, 0) is 23.8 Å². The summed E-state index contributed by atoms with van der Waals surface area (Å²) in [5.74, 6) is 0.794. The topological polar surface area (TPSA) is 54.2 Å². The SMILES string of the molecule is O[C@H](Cc1ccccc1)c1cc2n(n1)CCN(c1ncccc1Cl)C2. The first-order valence-corrected chi connectivity index (χ1v) is 8.72. The Balaban J connectivity index is 1.52. The van der Waals surface area contributed by atoms with Crippen LogP contribution < -0.4 is 4.90 Å². The number of fused-ring (bicyclic) bond motifs is 1. The van der Waals surface area contributed by atoms with Crippen LogP contribution >= 0.6 is 11.6 Å². The average Bonchev–Trinajstić information content (AvgIpc) is 3.06. The van der Waals surface area contributed by atoms with Crippen molar-refractivity contribution < 1.29 is 5.11 Å². The largest absolute Gasteiger partial charge is 0.386 e. The van der Waals surface area contributed by atoms with Gasteiger partial charge in [0.25, 0.3) is 0 Å². The highest BCUT2D eigenvalue weighted by Gasteiger charge is 2.23. The summed E-state index contributed by atoms with van der Waals surface area (Å²) in [4.78, 5) is 6.53. The summed E-state index contributed by atoms with van der Waals surface area (Å²) in [7, 11) is 0. The second kappa shape index (κ2) is 6.86. The molecule has 0 radical (unpaired) electrons. The molecule has 0 saturated carbocycles. The normalized spacial score (nSPS) is 15.0. The van der Waals surface area contributed by atoms with Crippen molar-refractivity contribution >= 4 is 17.4 Å². The summed E-state index contributed by atoms with van der Waals surface area (Å²) in [6.07, 6.45) is 1.71. The Morgan fingerprint density at radius 2 is 1.96 bits per heavy atom. The summed E-state index contributed by atoms with van der Waals surface area (Å²) < 4.78 is 1.97. The van der Waals surface area contributed by atoms with Gasteiger partial charge >= 0.3 is 0 Å². The minimum Gasteiger partial charge on any atom is -0.386 e. The first kappa shape index (κ1) is 16.1. The molecule has 1 atom stereocenters. The Hall–Kier alpha value is -2.37. The maximum atomic E-state index is 10.5. The van der Waals surface area contributed by atoms with Crippen LogP contribution in [0, 0.1) is 0 Å². The van der Waals surface area contributed by atoms with Crippen molar-refractivity contribution in [2.45, 2.75) is 25.6 Å². The molecule has 0 amide bonds. The van der Waals surface area contributed by atoms with Crippen LogP contribution in [-0.2, 0) is 19.5 Å². The lowest BCUT2D eigenvalue weighted by molar-refractivity contribution is 0.172. The van der Waals surface area contributed by atoms with E-state index in [0.29, 0.717) is 23.7 Å². The highest BCUT2D eigenvalue weighted by Crippen LogP contribution is 2.27. The van der Waals surface area contributed by atoms with Crippen molar-refractivity contribution in [3.8, 4) is 0 Å². The van der Waals surface area contributed by atoms with Crippen LogP contribution in [0.25, 0.3) is 0 Å². The monoisotopic (exact) mass is 354 g/mol. The molecular weight excluding hydrogens is 336 g/mol.